The van der Waals surface area contributed by atoms with Gasteiger partial charge >= 0.3 is 5.82 Å². The van der Waals surface area contributed by atoms with Crippen molar-refractivity contribution >= 4 is 28.2 Å². The van der Waals surface area contributed by atoms with E-state index in [4.69, 9.17) is 11.6 Å². The molecule has 0 saturated carbocycles. The topological polar surface area (TPSA) is 83.0 Å². The van der Waals surface area contributed by atoms with Crippen LogP contribution in [-0.2, 0) is 5.88 Å². The summed E-state index contributed by atoms with van der Waals surface area (Å²) in [5.41, 5.74) is 0.0985. The summed E-state index contributed by atoms with van der Waals surface area (Å²) < 4.78 is 14.6. The normalized spacial score (nSPS) is 10.9. The van der Waals surface area contributed by atoms with E-state index in [2.05, 4.69) is 4.98 Å². The van der Waals surface area contributed by atoms with Crippen LogP contribution in [-0.4, -0.2) is 9.91 Å². The van der Waals surface area contributed by atoms with Crippen molar-refractivity contribution in [2.45, 2.75) is 5.88 Å². The van der Waals surface area contributed by atoms with Crippen LogP contribution in [0.5, 0.6) is 0 Å². The highest BCUT2D eigenvalue weighted by Gasteiger charge is 2.23. The lowest BCUT2D eigenvalue weighted by Gasteiger charge is -2.13. The third kappa shape index (κ3) is 2.55. The SMILES string of the molecule is O=[N+]([O-])c1ccc2nc(CCl)[n+]([O-])c(-c3ccccc3F)c2c1. The van der Waals surface area contributed by atoms with Crippen molar-refractivity contribution in [1.29, 1.82) is 0 Å². The van der Waals surface area contributed by atoms with Crippen molar-refractivity contribution in [3.05, 3.63) is 69.4 Å². The van der Waals surface area contributed by atoms with E-state index in [9.17, 15) is 19.7 Å². The highest BCUT2D eigenvalue weighted by atomic mass is 35.5. The van der Waals surface area contributed by atoms with E-state index in [-0.39, 0.29) is 34.0 Å². The number of non-ortho nitro benzene ring substituents is 1. The van der Waals surface area contributed by atoms with Crippen LogP contribution < -0.4 is 4.73 Å². The summed E-state index contributed by atoms with van der Waals surface area (Å²) in [4.78, 5) is 14.5. The zero-order valence-electron chi connectivity index (χ0n) is 11.6. The predicted molar refractivity (Wildman–Crippen MR) is 82.3 cm³/mol. The van der Waals surface area contributed by atoms with Gasteiger partial charge in [0.15, 0.2) is 11.2 Å². The highest BCUT2D eigenvalue weighted by Crippen LogP contribution is 2.29. The molecule has 0 bridgehead atoms. The third-order valence-corrected chi connectivity index (χ3v) is 3.62. The molecular weight excluding hydrogens is 325 g/mol. The zero-order chi connectivity index (χ0) is 16.6. The molecule has 0 radical (unpaired) electrons. The maximum absolute atomic E-state index is 14.1. The van der Waals surface area contributed by atoms with Crippen LogP contribution in [0, 0.1) is 21.1 Å². The molecule has 1 heterocycles. The molecule has 0 aliphatic heterocycles. The molecule has 0 spiro atoms. The lowest BCUT2D eigenvalue weighted by molar-refractivity contribution is -0.603. The molecule has 3 aromatic rings. The van der Waals surface area contributed by atoms with E-state index in [1.165, 1.54) is 36.4 Å². The molecule has 6 nitrogen and oxygen atoms in total. The number of fused-ring (bicyclic) bond motifs is 1. The Morgan fingerprint density at radius 2 is 2.00 bits per heavy atom. The van der Waals surface area contributed by atoms with Crippen LogP contribution in [0.4, 0.5) is 10.1 Å². The molecule has 3 rings (SSSR count). The quantitative estimate of drug-likeness (QED) is 0.242. The number of nitrogens with zero attached hydrogens (tertiary/aromatic N) is 3. The van der Waals surface area contributed by atoms with E-state index in [1.54, 1.807) is 6.07 Å². The van der Waals surface area contributed by atoms with Gasteiger partial charge in [-0.1, -0.05) is 12.1 Å². The Balaban J connectivity index is 2.45. The first-order valence-corrected chi connectivity index (χ1v) is 7.08. The summed E-state index contributed by atoms with van der Waals surface area (Å²) in [6.45, 7) is 0. The van der Waals surface area contributed by atoms with Gasteiger partial charge in [-0.05, 0) is 23.2 Å². The van der Waals surface area contributed by atoms with Gasteiger partial charge < -0.3 is 5.21 Å². The summed E-state index contributed by atoms with van der Waals surface area (Å²) in [6, 6.07) is 9.58. The first-order valence-electron chi connectivity index (χ1n) is 6.54. The average Bonchev–Trinajstić information content (AvgIpc) is 2.55. The number of alkyl halides is 1. The number of hydrogen-bond donors (Lipinski definition) is 0. The number of hydrogen-bond acceptors (Lipinski definition) is 4. The minimum absolute atomic E-state index is 0.00808. The second-order valence-electron chi connectivity index (χ2n) is 4.74. The van der Waals surface area contributed by atoms with Crippen molar-refractivity contribution in [3.8, 4) is 11.3 Å². The molecule has 23 heavy (non-hydrogen) atoms. The van der Waals surface area contributed by atoms with Crippen molar-refractivity contribution in [3.63, 3.8) is 0 Å². The third-order valence-electron chi connectivity index (χ3n) is 3.38. The number of nitro benzene ring substituents is 1. The molecule has 2 aromatic carbocycles. The van der Waals surface area contributed by atoms with Gasteiger partial charge in [-0.15, -0.1) is 11.6 Å². The van der Waals surface area contributed by atoms with E-state index >= 15 is 0 Å². The molecule has 1 aromatic heterocycles. The van der Waals surface area contributed by atoms with Gasteiger partial charge in [-0.25, -0.2) is 9.12 Å². The molecule has 0 fully saturated rings. The van der Waals surface area contributed by atoms with Crippen molar-refractivity contribution in [2.75, 3.05) is 0 Å². The van der Waals surface area contributed by atoms with Crippen LogP contribution in [0.15, 0.2) is 42.5 Å². The van der Waals surface area contributed by atoms with Gasteiger partial charge in [0.05, 0.1) is 15.9 Å². The van der Waals surface area contributed by atoms with Crippen LogP contribution in [0.2, 0.25) is 0 Å². The van der Waals surface area contributed by atoms with Gasteiger partial charge in [0.25, 0.3) is 5.69 Å². The van der Waals surface area contributed by atoms with Gasteiger partial charge in [-0.3, -0.25) is 10.1 Å². The van der Waals surface area contributed by atoms with Gasteiger partial charge in [0.2, 0.25) is 0 Å². The minimum Gasteiger partial charge on any atom is -0.710 e. The monoisotopic (exact) mass is 333 g/mol. The Bertz CT molecular complexity index is 933. The first-order chi connectivity index (χ1) is 11.0. The molecule has 0 saturated heterocycles. The summed E-state index contributed by atoms with van der Waals surface area (Å²) in [5.74, 6) is -0.791. The fourth-order valence-corrected chi connectivity index (χ4v) is 2.51. The zero-order valence-corrected chi connectivity index (χ0v) is 12.3. The largest absolute Gasteiger partial charge is 0.710 e. The Kier molecular flexibility index (Phi) is 3.79. The van der Waals surface area contributed by atoms with Crippen LogP contribution in [0.3, 0.4) is 0 Å². The van der Waals surface area contributed by atoms with E-state index < -0.39 is 10.7 Å². The van der Waals surface area contributed by atoms with Gasteiger partial charge in [0, 0.05) is 12.1 Å². The summed E-state index contributed by atoms with van der Waals surface area (Å²) in [7, 11) is 0. The second kappa shape index (κ2) is 5.77. The van der Waals surface area contributed by atoms with Crippen LogP contribution in [0.25, 0.3) is 22.2 Å². The maximum atomic E-state index is 14.1. The Labute approximate surface area is 134 Å². The van der Waals surface area contributed by atoms with Crippen LogP contribution in [0.1, 0.15) is 5.82 Å². The van der Waals surface area contributed by atoms with E-state index in [0.29, 0.717) is 10.2 Å². The molecule has 0 atom stereocenters. The van der Waals surface area contributed by atoms with E-state index in [0.717, 1.165) is 0 Å². The fourth-order valence-electron chi connectivity index (χ4n) is 2.34. The molecule has 0 aliphatic rings. The predicted octanol–water partition coefficient (Wildman–Crippen LogP) is 3.32. The molecule has 0 amide bonds. The second-order valence-corrected chi connectivity index (χ2v) is 5.01. The Morgan fingerprint density at radius 3 is 2.65 bits per heavy atom. The van der Waals surface area contributed by atoms with Gasteiger partial charge in [0.1, 0.15) is 11.7 Å². The smallest absolute Gasteiger partial charge is 0.317 e. The summed E-state index contributed by atoms with van der Waals surface area (Å²) >= 11 is 5.73. The molecule has 116 valence electrons. The lowest BCUT2D eigenvalue weighted by atomic mass is 10.0. The molecule has 0 unspecified atom stereocenters. The Morgan fingerprint density at radius 1 is 1.26 bits per heavy atom. The van der Waals surface area contributed by atoms with Crippen molar-refractivity contribution < 1.29 is 14.0 Å². The number of halogens is 2. The summed E-state index contributed by atoms with van der Waals surface area (Å²) in [5, 5.41) is 23.6. The minimum atomic E-state index is -0.614. The molecule has 0 aliphatic carbocycles. The number of benzene rings is 2. The number of rotatable bonds is 3. The molecule has 8 heteroatoms. The fraction of sp³-hybridized carbons (Fsp3) is 0.0667. The summed E-state index contributed by atoms with van der Waals surface area (Å²) in [6.07, 6.45) is 0. The van der Waals surface area contributed by atoms with Crippen molar-refractivity contribution in [1.82, 2.24) is 4.98 Å². The molecular formula is C15H9ClFN3O3. The first kappa shape index (κ1) is 15.1. The van der Waals surface area contributed by atoms with Crippen molar-refractivity contribution in [2.24, 2.45) is 0 Å². The molecule has 0 N–H and O–H groups in total. The highest BCUT2D eigenvalue weighted by molar-refractivity contribution is 6.16. The van der Waals surface area contributed by atoms with Gasteiger partial charge in [-0.2, -0.15) is 0 Å². The Hall–Kier alpha value is -2.80. The van der Waals surface area contributed by atoms with Crippen LogP contribution >= 0.6 is 11.6 Å². The average molecular weight is 334 g/mol. The maximum Gasteiger partial charge on any atom is 0.317 e. The lowest BCUT2D eigenvalue weighted by Crippen LogP contribution is -2.36. The van der Waals surface area contributed by atoms with E-state index in [1.807, 2.05) is 0 Å². The number of aromatic nitrogens is 2. The number of nitro groups is 1. The standard InChI is InChI=1S/C15H9ClFN3O3/c16-8-14-18-13-6-5-9(20(22)23)7-11(13)15(19(14)21)10-3-1-2-4-12(10)17/h1-7H,8H2.